The number of nitrogens with one attached hydrogen (secondary N) is 2. The van der Waals surface area contributed by atoms with Crippen molar-refractivity contribution in [2.24, 2.45) is 0 Å². The molecule has 0 aliphatic carbocycles. The molecule has 1 aromatic heterocycles. The van der Waals surface area contributed by atoms with Crippen molar-refractivity contribution in [2.45, 2.75) is 33.0 Å². The summed E-state index contributed by atoms with van der Waals surface area (Å²) in [5.74, 6) is -0.0955. The molecule has 5 heteroatoms. The van der Waals surface area contributed by atoms with E-state index in [1.54, 1.807) is 6.20 Å². The number of aromatic nitrogens is 2. The van der Waals surface area contributed by atoms with Gasteiger partial charge in [0.2, 0.25) is 0 Å². The van der Waals surface area contributed by atoms with Crippen LogP contribution in [0.15, 0.2) is 48.7 Å². The van der Waals surface area contributed by atoms with Gasteiger partial charge >= 0.3 is 0 Å². The third-order valence-electron chi connectivity index (χ3n) is 4.58. The maximum atomic E-state index is 12.6. The van der Waals surface area contributed by atoms with Gasteiger partial charge in [-0.25, -0.2) is 0 Å². The summed E-state index contributed by atoms with van der Waals surface area (Å²) in [7, 11) is 2.11. The van der Waals surface area contributed by atoms with Crippen LogP contribution in [-0.2, 0) is 13.1 Å². The molecule has 0 aliphatic rings. The van der Waals surface area contributed by atoms with Crippen LogP contribution in [0.3, 0.4) is 0 Å². The second-order valence-corrected chi connectivity index (χ2v) is 6.60. The SMILES string of the molecule is CC(C)N(C)Cc1ccccc1CNC(=O)c1cccc2cn[nH]c12. The summed E-state index contributed by atoms with van der Waals surface area (Å²) in [5.41, 5.74) is 3.76. The average molecular weight is 336 g/mol. The number of rotatable bonds is 6. The third-order valence-corrected chi connectivity index (χ3v) is 4.58. The molecular weight excluding hydrogens is 312 g/mol. The molecule has 1 amide bonds. The molecule has 0 saturated carbocycles. The summed E-state index contributed by atoms with van der Waals surface area (Å²) < 4.78 is 0. The van der Waals surface area contributed by atoms with Crippen molar-refractivity contribution < 1.29 is 4.79 Å². The maximum Gasteiger partial charge on any atom is 0.253 e. The lowest BCUT2D eigenvalue weighted by molar-refractivity contribution is 0.0952. The van der Waals surface area contributed by atoms with Crippen molar-refractivity contribution >= 4 is 16.8 Å². The van der Waals surface area contributed by atoms with Gasteiger partial charge in [-0.15, -0.1) is 0 Å². The first-order chi connectivity index (χ1) is 12.1. The first-order valence-corrected chi connectivity index (χ1v) is 8.53. The van der Waals surface area contributed by atoms with Crippen molar-refractivity contribution in [1.29, 1.82) is 0 Å². The molecular formula is C20H24N4O. The summed E-state index contributed by atoms with van der Waals surface area (Å²) in [6.07, 6.45) is 1.73. The molecule has 25 heavy (non-hydrogen) atoms. The summed E-state index contributed by atoms with van der Waals surface area (Å²) in [6.45, 7) is 5.72. The Labute approximate surface area is 148 Å². The molecule has 1 heterocycles. The number of para-hydroxylation sites is 1. The molecule has 0 fully saturated rings. The topological polar surface area (TPSA) is 61.0 Å². The molecule has 0 radical (unpaired) electrons. The number of aromatic amines is 1. The van der Waals surface area contributed by atoms with Gasteiger partial charge in [0, 0.05) is 24.5 Å². The predicted molar refractivity (Wildman–Crippen MR) is 100 cm³/mol. The summed E-state index contributed by atoms with van der Waals surface area (Å²) in [5, 5.41) is 10.9. The minimum atomic E-state index is -0.0955. The van der Waals surface area contributed by atoms with Gasteiger partial charge in [0.05, 0.1) is 17.3 Å². The molecule has 3 aromatic rings. The summed E-state index contributed by atoms with van der Waals surface area (Å²) in [4.78, 5) is 14.9. The van der Waals surface area contributed by atoms with Crippen LogP contribution < -0.4 is 5.32 Å². The number of H-pyrrole nitrogens is 1. The van der Waals surface area contributed by atoms with E-state index in [9.17, 15) is 4.79 Å². The summed E-state index contributed by atoms with van der Waals surface area (Å²) in [6, 6.07) is 14.3. The first-order valence-electron chi connectivity index (χ1n) is 8.53. The Morgan fingerprint density at radius 1 is 1.16 bits per heavy atom. The predicted octanol–water partition coefficient (Wildman–Crippen LogP) is 3.33. The number of nitrogens with zero attached hydrogens (tertiary/aromatic N) is 2. The van der Waals surface area contributed by atoms with Crippen LogP contribution in [0, 0.1) is 0 Å². The minimum Gasteiger partial charge on any atom is -0.348 e. The van der Waals surface area contributed by atoms with E-state index in [0.717, 1.165) is 23.0 Å². The van der Waals surface area contributed by atoms with Crippen LogP contribution in [0.25, 0.3) is 10.9 Å². The molecule has 2 N–H and O–H groups in total. The number of amides is 1. The Morgan fingerprint density at radius 3 is 2.68 bits per heavy atom. The highest BCUT2D eigenvalue weighted by Crippen LogP contribution is 2.16. The van der Waals surface area contributed by atoms with Gasteiger partial charge < -0.3 is 5.32 Å². The highest BCUT2D eigenvalue weighted by Gasteiger charge is 2.13. The van der Waals surface area contributed by atoms with Crippen molar-refractivity contribution in [2.75, 3.05) is 7.05 Å². The van der Waals surface area contributed by atoms with E-state index >= 15 is 0 Å². The Morgan fingerprint density at radius 2 is 1.92 bits per heavy atom. The normalized spacial score (nSPS) is 11.4. The van der Waals surface area contributed by atoms with Crippen molar-refractivity contribution in [1.82, 2.24) is 20.4 Å². The van der Waals surface area contributed by atoms with Crippen LogP contribution >= 0.6 is 0 Å². The fourth-order valence-electron chi connectivity index (χ4n) is 2.76. The van der Waals surface area contributed by atoms with Gasteiger partial charge in [-0.3, -0.25) is 14.8 Å². The second kappa shape index (κ2) is 7.49. The molecule has 130 valence electrons. The van der Waals surface area contributed by atoms with Gasteiger partial charge in [-0.1, -0.05) is 36.4 Å². The zero-order chi connectivity index (χ0) is 17.8. The molecule has 0 atom stereocenters. The Bertz CT molecular complexity index is 869. The fourth-order valence-corrected chi connectivity index (χ4v) is 2.76. The van der Waals surface area contributed by atoms with Crippen LogP contribution in [0.2, 0.25) is 0 Å². The fraction of sp³-hybridized carbons (Fsp3) is 0.300. The molecule has 0 spiro atoms. The van der Waals surface area contributed by atoms with Crippen molar-refractivity contribution in [3.63, 3.8) is 0 Å². The third kappa shape index (κ3) is 3.88. The Kier molecular flexibility index (Phi) is 5.14. The van der Waals surface area contributed by atoms with Crippen LogP contribution in [0.4, 0.5) is 0 Å². The number of hydrogen-bond acceptors (Lipinski definition) is 3. The van der Waals surface area contributed by atoms with E-state index in [0.29, 0.717) is 18.2 Å². The highest BCUT2D eigenvalue weighted by molar-refractivity contribution is 6.05. The Balaban J connectivity index is 1.73. The molecule has 3 rings (SSSR count). The van der Waals surface area contributed by atoms with Crippen molar-refractivity contribution in [3.05, 3.63) is 65.4 Å². The number of hydrogen-bond donors (Lipinski definition) is 2. The summed E-state index contributed by atoms with van der Waals surface area (Å²) >= 11 is 0. The minimum absolute atomic E-state index is 0.0955. The smallest absolute Gasteiger partial charge is 0.253 e. The Hall–Kier alpha value is -2.66. The van der Waals surface area contributed by atoms with E-state index in [1.807, 2.05) is 30.3 Å². The van der Waals surface area contributed by atoms with E-state index in [4.69, 9.17) is 0 Å². The van der Waals surface area contributed by atoms with Crippen LogP contribution in [0.1, 0.15) is 35.3 Å². The standard InChI is InChI=1S/C20H24N4O/c1-14(2)24(3)13-17-8-5-4-7-15(17)11-21-20(25)18-10-6-9-16-12-22-23-19(16)18/h4-10,12,14H,11,13H2,1-3H3,(H,21,25)(H,22,23). The maximum absolute atomic E-state index is 12.6. The van der Waals surface area contributed by atoms with E-state index in [-0.39, 0.29) is 5.91 Å². The lowest BCUT2D eigenvalue weighted by Crippen LogP contribution is -2.27. The molecule has 5 nitrogen and oxygen atoms in total. The molecule has 2 aromatic carbocycles. The molecule has 0 aliphatic heterocycles. The number of carbonyl (C=O) groups excluding carboxylic acids is 1. The zero-order valence-corrected chi connectivity index (χ0v) is 14.9. The largest absolute Gasteiger partial charge is 0.348 e. The van der Waals surface area contributed by atoms with Crippen molar-refractivity contribution in [3.8, 4) is 0 Å². The quantitative estimate of drug-likeness (QED) is 0.726. The molecule has 0 bridgehead atoms. The molecule has 0 saturated heterocycles. The zero-order valence-electron chi connectivity index (χ0n) is 14.9. The first kappa shape index (κ1) is 17.2. The van der Waals surface area contributed by atoms with Gasteiger partial charge in [0.25, 0.3) is 5.91 Å². The highest BCUT2D eigenvalue weighted by atomic mass is 16.1. The monoisotopic (exact) mass is 336 g/mol. The number of carbonyl (C=O) groups is 1. The lowest BCUT2D eigenvalue weighted by atomic mass is 10.1. The number of fused-ring (bicyclic) bond motifs is 1. The van der Waals surface area contributed by atoms with Gasteiger partial charge in [-0.05, 0) is 38.1 Å². The van der Waals surface area contributed by atoms with E-state index in [2.05, 4.69) is 53.4 Å². The van der Waals surface area contributed by atoms with Gasteiger partial charge in [0.1, 0.15) is 0 Å². The second-order valence-electron chi connectivity index (χ2n) is 6.60. The van der Waals surface area contributed by atoms with Crippen LogP contribution in [-0.4, -0.2) is 34.1 Å². The van der Waals surface area contributed by atoms with E-state index < -0.39 is 0 Å². The average Bonchev–Trinajstić information content (AvgIpc) is 3.09. The van der Waals surface area contributed by atoms with Gasteiger partial charge in [0.15, 0.2) is 0 Å². The lowest BCUT2D eigenvalue weighted by Gasteiger charge is -2.22. The molecule has 0 unspecified atom stereocenters. The van der Waals surface area contributed by atoms with E-state index in [1.165, 1.54) is 5.56 Å². The van der Waals surface area contributed by atoms with Gasteiger partial charge in [-0.2, -0.15) is 5.10 Å². The van der Waals surface area contributed by atoms with Crippen LogP contribution in [0.5, 0.6) is 0 Å². The number of benzene rings is 2.